The highest BCUT2D eigenvalue weighted by molar-refractivity contribution is 6.32. The second kappa shape index (κ2) is 11.3. The van der Waals surface area contributed by atoms with Gasteiger partial charge in [-0.3, -0.25) is 10.1 Å². The van der Waals surface area contributed by atoms with Crippen molar-refractivity contribution in [2.45, 2.75) is 25.6 Å². The normalized spacial score (nSPS) is 13.5. The van der Waals surface area contributed by atoms with Crippen LogP contribution in [0.3, 0.4) is 0 Å². The topological polar surface area (TPSA) is 112 Å². The first kappa shape index (κ1) is 23.9. The van der Waals surface area contributed by atoms with Gasteiger partial charge in [0.1, 0.15) is 13.2 Å². The molecule has 0 radical (unpaired) electrons. The molecule has 180 valence electrons. The molecule has 1 aliphatic rings. The SMILES string of the molecule is CNC(=O)c1cccc(C(NCc2cc(Cl)c3c(c2)OCCO3)c2nnnn2CCCOC)c1. The average molecular weight is 487 g/mol. The van der Waals surface area contributed by atoms with Crippen molar-refractivity contribution in [3.05, 3.63) is 63.9 Å². The smallest absolute Gasteiger partial charge is 0.251 e. The summed E-state index contributed by atoms with van der Waals surface area (Å²) < 4.78 is 18.2. The van der Waals surface area contributed by atoms with E-state index >= 15 is 0 Å². The zero-order valence-electron chi connectivity index (χ0n) is 19.1. The predicted molar refractivity (Wildman–Crippen MR) is 125 cm³/mol. The maximum atomic E-state index is 12.2. The average Bonchev–Trinajstić information content (AvgIpc) is 3.32. The Hall–Kier alpha value is -3.21. The second-order valence-electron chi connectivity index (χ2n) is 7.73. The van der Waals surface area contributed by atoms with Crippen molar-refractivity contribution in [1.29, 1.82) is 0 Å². The molecule has 2 N–H and O–H groups in total. The molecule has 0 saturated carbocycles. The van der Waals surface area contributed by atoms with Crippen molar-refractivity contribution in [2.24, 2.45) is 0 Å². The summed E-state index contributed by atoms with van der Waals surface area (Å²) in [6, 6.07) is 10.8. The van der Waals surface area contributed by atoms with Crippen molar-refractivity contribution in [2.75, 3.05) is 34.0 Å². The monoisotopic (exact) mass is 486 g/mol. The first-order valence-electron chi connectivity index (χ1n) is 11.0. The third-order valence-electron chi connectivity index (χ3n) is 5.41. The Bertz CT molecular complexity index is 1140. The maximum absolute atomic E-state index is 12.2. The highest BCUT2D eigenvalue weighted by Crippen LogP contribution is 2.38. The largest absolute Gasteiger partial charge is 0.486 e. The van der Waals surface area contributed by atoms with Crippen LogP contribution in [-0.4, -0.2) is 60.1 Å². The molecule has 0 spiro atoms. The third-order valence-corrected chi connectivity index (χ3v) is 5.69. The highest BCUT2D eigenvalue weighted by Gasteiger charge is 2.23. The van der Waals surface area contributed by atoms with E-state index in [-0.39, 0.29) is 11.9 Å². The molecule has 1 amide bonds. The van der Waals surface area contributed by atoms with Crippen LogP contribution in [0, 0.1) is 0 Å². The van der Waals surface area contributed by atoms with Crippen LogP contribution in [0.2, 0.25) is 5.02 Å². The molecular formula is C23H27ClN6O4. The molecule has 4 rings (SSSR count). The van der Waals surface area contributed by atoms with Crippen molar-refractivity contribution in [1.82, 2.24) is 30.8 Å². The minimum atomic E-state index is -0.380. The van der Waals surface area contributed by atoms with Crippen LogP contribution in [0.5, 0.6) is 11.5 Å². The highest BCUT2D eigenvalue weighted by atomic mass is 35.5. The van der Waals surface area contributed by atoms with Crippen LogP contribution < -0.4 is 20.1 Å². The van der Waals surface area contributed by atoms with E-state index in [0.29, 0.717) is 60.8 Å². The molecule has 0 saturated heterocycles. The Kier molecular flexibility index (Phi) is 7.94. The summed E-state index contributed by atoms with van der Waals surface area (Å²) in [5, 5.41) is 19.0. The fourth-order valence-corrected chi connectivity index (χ4v) is 4.07. The van der Waals surface area contributed by atoms with Crippen LogP contribution in [0.15, 0.2) is 36.4 Å². The molecule has 34 heavy (non-hydrogen) atoms. The van der Waals surface area contributed by atoms with Gasteiger partial charge < -0.3 is 19.5 Å². The van der Waals surface area contributed by atoms with Crippen molar-refractivity contribution in [3.8, 4) is 11.5 Å². The number of benzene rings is 2. The first-order chi connectivity index (χ1) is 16.6. The number of hydrogen-bond donors (Lipinski definition) is 2. The van der Waals surface area contributed by atoms with Gasteiger partial charge in [-0.05, 0) is 52.2 Å². The van der Waals surface area contributed by atoms with E-state index in [0.717, 1.165) is 17.5 Å². The Balaban J connectivity index is 1.63. The quantitative estimate of drug-likeness (QED) is 0.420. The Morgan fingerprint density at radius 2 is 2.12 bits per heavy atom. The van der Waals surface area contributed by atoms with Gasteiger partial charge in [0.15, 0.2) is 17.3 Å². The van der Waals surface area contributed by atoms with E-state index < -0.39 is 0 Å². The fraction of sp³-hybridized carbons (Fsp3) is 0.391. The molecule has 11 heteroatoms. The van der Waals surface area contributed by atoms with E-state index in [1.54, 1.807) is 24.9 Å². The van der Waals surface area contributed by atoms with Gasteiger partial charge in [-0.1, -0.05) is 23.7 Å². The molecule has 3 aromatic rings. The van der Waals surface area contributed by atoms with Gasteiger partial charge in [-0.15, -0.1) is 5.10 Å². The number of amides is 1. The van der Waals surface area contributed by atoms with E-state index in [1.165, 1.54) is 0 Å². The lowest BCUT2D eigenvalue weighted by Gasteiger charge is -2.22. The summed E-state index contributed by atoms with van der Waals surface area (Å²) in [5.74, 6) is 1.65. The van der Waals surface area contributed by atoms with Gasteiger partial charge in [0, 0.05) is 39.4 Å². The lowest BCUT2D eigenvalue weighted by atomic mass is 10.0. The zero-order valence-corrected chi connectivity index (χ0v) is 19.8. The molecule has 2 aromatic carbocycles. The molecule has 0 fully saturated rings. The molecular weight excluding hydrogens is 460 g/mol. The van der Waals surface area contributed by atoms with Gasteiger partial charge in [-0.25, -0.2) is 4.68 Å². The number of methoxy groups -OCH3 is 1. The number of aryl methyl sites for hydroxylation is 1. The standard InChI is InChI=1S/C23H27ClN6O4/c1-25-23(31)17-6-3-5-16(13-17)20(22-27-28-29-30(22)7-4-8-32-2)26-14-15-11-18(24)21-19(12-15)33-9-10-34-21/h3,5-6,11-13,20,26H,4,7-10,14H2,1-2H3,(H,25,31). The van der Waals surface area contributed by atoms with Crippen molar-refractivity contribution >= 4 is 17.5 Å². The van der Waals surface area contributed by atoms with E-state index in [2.05, 4.69) is 26.2 Å². The Morgan fingerprint density at radius 1 is 1.26 bits per heavy atom. The number of fused-ring (bicyclic) bond motifs is 1. The van der Waals surface area contributed by atoms with Crippen LogP contribution in [-0.2, 0) is 17.8 Å². The summed E-state index contributed by atoms with van der Waals surface area (Å²) in [6.07, 6.45) is 0.761. The van der Waals surface area contributed by atoms with Crippen LogP contribution in [0.25, 0.3) is 0 Å². The number of nitrogens with one attached hydrogen (secondary N) is 2. The number of carbonyl (C=O) groups is 1. The van der Waals surface area contributed by atoms with Crippen molar-refractivity contribution in [3.63, 3.8) is 0 Å². The minimum Gasteiger partial charge on any atom is -0.486 e. The number of halogens is 1. The molecule has 1 unspecified atom stereocenters. The molecule has 2 heterocycles. The summed E-state index contributed by atoms with van der Waals surface area (Å²) >= 11 is 6.42. The molecule has 0 aliphatic carbocycles. The first-order valence-corrected chi connectivity index (χ1v) is 11.4. The number of tetrazole rings is 1. The minimum absolute atomic E-state index is 0.168. The van der Waals surface area contributed by atoms with Gasteiger partial charge >= 0.3 is 0 Å². The molecule has 1 atom stereocenters. The molecule has 1 aliphatic heterocycles. The summed E-state index contributed by atoms with van der Waals surface area (Å²) in [5.41, 5.74) is 2.32. The van der Waals surface area contributed by atoms with E-state index in [4.69, 9.17) is 25.8 Å². The number of aromatic nitrogens is 4. The lowest BCUT2D eigenvalue weighted by molar-refractivity contribution is 0.0963. The number of carbonyl (C=O) groups excluding carboxylic acids is 1. The lowest BCUT2D eigenvalue weighted by Crippen LogP contribution is -2.27. The molecule has 10 nitrogen and oxygen atoms in total. The molecule has 1 aromatic heterocycles. The Labute approximate surface area is 202 Å². The van der Waals surface area contributed by atoms with Crippen LogP contribution in [0.1, 0.15) is 39.8 Å². The number of hydrogen-bond acceptors (Lipinski definition) is 8. The Morgan fingerprint density at radius 3 is 2.94 bits per heavy atom. The third kappa shape index (κ3) is 5.46. The molecule has 0 bridgehead atoms. The predicted octanol–water partition coefficient (Wildman–Crippen LogP) is 2.37. The second-order valence-corrected chi connectivity index (χ2v) is 8.13. The van der Waals surface area contributed by atoms with Crippen molar-refractivity contribution < 1.29 is 19.0 Å². The fourth-order valence-electron chi connectivity index (χ4n) is 3.78. The summed E-state index contributed by atoms with van der Waals surface area (Å²) in [7, 11) is 3.26. The number of nitrogens with zero attached hydrogens (tertiary/aromatic N) is 4. The van der Waals surface area contributed by atoms with Gasteiger partial charge in [-0.2, -0.15) is 0 Å². The van der Waals surface area contributed by atoms with Crippen LogP contribution >= 0.6 is 11.6 Å². The van der Waals surface area contributed by atoms with Gasteiger partial charge in [0.25, 0.3) is 5.91 Å². The van der Waals surface area contributed by atoms with E-state index in [1.807, 2.05) is 30.3 Å². The zero-order chi connectivity index (χ0) is 23.9. The number of rotatable bonds is 10. The van der Waals surface area contributed by atoms with E-state index in [9.17, 15) is 4.79 Å². The van der Waals surface area contributed by atoms with Crippen LogP contribution in [0.4, 0.5) is 0 Å². The summed E-state index contributed by atoms with van der Waals surface area (Å²) in [6.45, 7) is 2.60. The number of ether oxygens (including phenoxy) is 3. The summed E-state index contributed by atoms with van der Waals surface area (Å²) in [4.78, 5) is 12.2. The van der Waals surface area contributed by atoms with Gasteiger partial charge in [0.2, 0.25) is 0 Å². The maximum Gasteiger partial charge on any atom is 0.251 e. The van der Waals surface area contributed by atoms with Gasteiger partial charge in [0.05, 0.1) is 11.1 Å².